The van der Waals surface area contributed by atoms with Crippen molar-refractivity contribution in [1.29, 1.82) is 0 Å². The van der Waals surface area contributed by atoms with E-state index in [1.807, 2.05) is 35.6 Å². The zero-order valence-electron chi connectivity index (χ0n) is 13.9. The van der Waals surface area contributed by atoms with Crippen molar-refractivity contribution in [3.8, 4) is 5.69 Å². The largest absolute Gasteiger partial charge is 0.405 e. The molecule has 27 heavy (non-hydrogen) atoms. The van der Waals surface area contributed by atoms with Crippen molar-refractivity contribution in [2.24, 2.45) is 0 Å². The molecular formula is C17H15F3N6O. The van der Waals surface area contributed by atoms with Crippen LogP contribution in [0.4, 0.5) is 18.9 Å². The quantitative estimate of drug-likeness (QED) is 0.691. The fourth-order valence-corrected chi connectivity index (χ4v) is 2.37. The number of tetrazole rings is 1. The molecule has 0 aliphatic heterocycles. The van der Waals surface area contributed by atoms with Crippen LogP contribution in [-0.4, -0.2) is 38.8 Å². The van der Waals surface area contributed by atoms with Crippen LogP contribution in [0.15, 0.2) is 54.6 Å². The second-order valence-electron chi connectivity index (χ2n) is 5.54. The molecular weight excluding hydrogens is 361 g/mol. The normalized spacial score (nSPS) is 11.2. The van der Waals surface area contributed by atoms with E-state index in [1.165, 1.54) is 10.7 Å². The molecule has 0 bridgehead atoms. The van der Waals surface area contributed by atoms with E-state index in [0.717, 1.165) is 5.69 Å². The summed E-state index contributed by atoms with van der Waals surface area (Å²) < 4.78 is 38.5. The highest BCUT2D eigenvalue weighted by molar-refractivity contribution is 5.99. The summed E-state index contributed by atoms with van der Waals surface area (Å²) in [4.78, 5) is 12.1. The molecule has 0 spiro atoms. The van der Waals surface area contributed by atoms with Crippen LogP contribution in [0, 0.1) is 0 Å². The minimum absolute atomic E-state index is 0.0977. The molecule has 0 radical (unpaired) electrons. The number of aromatic nitrogens is 4. The topological polar surface area (TPSA) is 84.7 Å². The van der Waals surface area contributed by atoms with Crippen LogP contribution in [0.5, 0.6) is 0 Å². The first-order valence-electron chi connectivity index (χ1n) is 7.94. The third kappa shape index (κ3) is 4.81. The van der Waals surface area contributed by atoms with Gasteiger partial charge in [-0.25, -0.2) is 0 Å². The molecule has 0 aliphatic carbocycles. The van der Waals surface area contributed by atoms with Gasteiger partial charge >= 0.3 is 6.18 Å². The zero-order chi connectivity index (χ0) is 19.3. The molecule has 1 heterocycles. The van der Waals surface area contributed by atoms with Gasteiger partial charge < -0.3 is 10.6 Å². The van der Waals surface area contributed by atoms with E-state index in [9.17, 15) is 18.0 Å². The molecule has 0 atom stereocenters. The van der Waals surface area contributed by atoms with E-state index in [4.69, 9.17) is 0 Å². The third-order valence-corrected chi connectivity index (χ3v) is 3.59. The second kappa shape index (κ2) is 7.85. The number of nitrogens with one attached hydrogen (secondary N) is 2. The Morgan fingerprint density at radius 2 is 1.74 bits per heavy atom. The lowest BCUT2D eigenvalue weighted by atomic mass is 10.1. The van der Waals surface area contributed by atoms with E-state index < -0.39 is 18.6 Å². The molecule has 0 saturated carbocycles. The predicted molar refractivity (Wildman–Crippen MR) is 91.3 cm³/mol. The summed E-state index contributed by atoms with van der Waals surface area (Å²) in [6.07, 6.45) is -4.48. The number of alkyl halides is 3. The fourth-order valence-electron chi connectivity index (χ4n) is 2.37. The summed E-state index contributed by atoms with van der Waals surface area (Å²) in [5.74, 6) is -0.343. The van der Waals surface area contributed by atoms with Crippen LogP contribution in [0.25, 0.3) is 5.69 Å². The predicted octanol–water partition coefficient (Wildman–Crippen LogP) is 2.57. The maximum Gasteiger partial charge on any atom is 0.405 e. The lowest BCUT2D eigenvalue weighted by molar-refractivity contribution is -0.123. The second-order valence-corrected chi connectivity index (χ2v) is 5.54. The minimum atomic E-state index is -4.48. The van der Waals surface area contributed by atoms with Crippen LogP contribution in [0.1, 0.15) is 16.2 Å². The lowest BCUT2D eigenvalue weighted by Gasteiger charge is -2.13. The smallest absolute Gasteiger partial charge is 0.377 e. The highest BCUT2D eigenvalue weighted by Crippen LogP contribution is 2.18. The SMILES string of the molecule is O=C(NCC(F)(F)F)c1ccccc1NCc1nnnn1-c1ccccc1. The molecule has 2 aromatic carbocycles. The molecule has 0 fully saturated rings. The number of rotatable bonds is 6. The van der Waals surface area contributed by atoms with E-state index in [1.54, 1.807) is 18.2 Å². The Labute approximate surface area is 152 Å². The van der Waals surface area contributed by atoms with Gasteiger partial charge in [-0.2, -0.15) is 17.9 Å². The van der Waals surface area contributed by atoms with Crippen molar-refractivity contribution < 1.29 is 18.0 Å². The van der Waals surface area contributed by atoms with Gasteiger partial charge in [-0.1, -0.05) is 30.3 Å². The molecule has 0 saturated heterocycles. The lowest BCUT2D eigenvalue weighted by Crippen LogP contribution is -2.34. The van der Waals surface area contributed by atoms with Crippen LogP contribution >= 0.6 is 0 Å². The molecule has 0 aliphatic rings. The maximum absolute atomic E-state index is 12.3. The summed E-state index contributed by atoms with van der Waals surface area (Å²) in [7, 11) is 0. The van der Waals surface area contributed by atoms with Gasteiger partial charge in [0.25, 0.3) is 5.91 Å². The van der Waals surface area contributed by atoms with Crippen molar-refractivity contribution in [3.63, 3.8) is 0 Å². The van der Waals surface area contributed by atoms with E-state index in [0.29, 0.717) is 11.5 Å². The molecule has 7 nitrogen and oxygen atoms in total. The number of hydrogen-bond acceptors (Lipinski definition) is 5. The molecule has 10 heteroatoms. The molecule has 140 valence electrons. The molecule has 3 aromatic rings. The van der Waals surface area contributed by atoms with Gasteiger partial charge in [-0.05, 0) is 34.7 Å². The number of benzene rings is 2. The number of nitrogens with zero attached hydrogens (tertiary/aromatic N) is 4. The minimum Gasteiger partial charge on any atom is -0.377 e. The number of para-hydroxylation sites is 2. The number of carbonyl (C=O) groups excluding carboxylic acids is 1. The third-order valence-electron chi connectivity index (χ3n) is 3.59. The first-order valence-corrected chi connectivity index (χ1v) is 7.94. The van der Waals surface area contributed by atoms with Crippen LogP contribution in [0.2, 0.25) is 0 Å². The fraction of sp³-hybridized carbons (Fsp3) is 0.176. The number of carbonyl (C=O) groups is 1. The summed E-state index contributed by atoms with van der Waals surface area (Å²) in [5, 5.41) is 16.4. The monoisotopic (exact) mass is 376 g/mol. The highest BCUT2D eigenvalue weighted by atomic mass is 19.4. The van der Waals surface area contributed by atoms with Crippen LogP contribution in [-0.2, 0) is 6.54 Å². The Kier molecular flexibility index (Phi) is 5.34. The molecule has 1 amide bonds. The summed E-state index contributed by atoms with van der Waals surface area (Å²) in [6.45, 7) is -1.22. The Bertz CT molecular complexity index is 910. The van der Waals surface area contributed by atoms with Gasteiger partial charge in [-0.3, -0.25) is 4.79 Å². The van der Waals surface area contributed by atoms with E-state index in [2.05, 4.69) is 20.8 Å². The first-order chi connectivity index (χ1) is 12.9. The van der Waals surface area contributed by atoms with Crippen molar-refractivity contribution in [2.45, 2.75) is 12.7 Å². The molecule has 0 unspecified atom stereocenters. The zero-order valence-corrected chi connectivity index (χ0v) is 13.9. The number of amides is 1. The number of hydrogen-bond donors (Lipinski definition) is 2. The summed E-state index contributed by atoms with van der Waals surface area (Å²) in [5.41, 5.74) is 1.23. The van der Waals surface area contributed by atoms with Gasteiger partial charge in [0.1, 0.15) is 6.54 Å². The standard InChI is InChI=1S/C17H15F3N6O/c18-17(19,20)11-22-16(27)13-8-4-5-9-14(13)21-10-15-23-24-25-26(15)12-6-2-1-3-7-12/h1-9,21H,10-11H2,(H,22,27). The van der Waals surface area contributed by atoms with Crippen molar-refractivity contribution in [2.75, 3.05) is 11.9 Å². The van der Waals surface area contributed by atoms with Crippen molar-refractivity contribution in [1.82, 2.24) is 25.5 Å². The van der Waals surface area contributed by atoms with Gasteiger partial charge in [-0.15, -0.1) is 5.10 Å². The van der Waals surface area contributed by atoms with E-state index in [-0.39, 0.29) is 12.1 Å². The van der Waals surface area contributed by atoms with Crippen molar-refractivity contribution in [3.05, 3.63) is 66.0 Å². The van der Waals surface area contributed by atoms with Gasteiger partial charge in [0.2, 0.25) is 0 Å². The van der Waals surface area contributed by atoms with Gasteiger partial charge in [0.05, 0.1) is 17.8 Å². The first kappa shape index (κ1) is 18.4. The molecule has 1 aromatic heterocycles. The Hall–Kier alpha value is -3.43. The summed E-state index contributed by atoms with van der Waals surface area (Å²) >= 11 is 0. The molecule has 3 rings (SSSR count). The number of halogens is 3. The Balaban J connectivity index is 1.73. The average molecular weight is 376 g/mol. The Morgan fingerprint density at radius 1 is 1.04 bits per heavy atom. The van der Waals surface area contributed by atoms with E-state index >= 15 is 0 Å². The maximum atomic E-state index is 12.3. The highest BCUT2D eigenvalue weighted by Gasteiger charge is 2.28. The van der Waals surface area contributed by atoms with Crippen molar-refractivity contribution >= 4 is 11.6 Å². The van der Waals surface area contributed by atoms with Gasteiger partial charge in [0.15, 0.2) is 5.82 Å². The summed E-state index contributed by atoms with van der Waals surface area (Å²) in [6, 6.07) is 15.5. The Morgan fingerprint density at radius 3 is 2.48 bits per heavy atom. The number of anilines is 1. The van der Waals surface area contributed by atoms with Crippen LogP contribution < -0.4 is 10.6 Å². The average Bonchev–Trinajstić information content (AvgIpc) is 3.13. The van der Waals surface area contributed by atoms with Crippen LogP contribution in [0.3, 0.4) is 0 Å². The van der Waals surface area contributed by atoms with Gasteiger partial charge in [0, 0.05) is 5.69 Å². The molecule has 2 N–H and O–H groups in total.